The molecule has 0 saturated carbocycles. The summed E-state index contributed by atoms with van der Waals surface area (Å²) in [5.74, 6) is 1.14. The Balaban J connectivity index is 1.46. The second-order valence-corrected chi connectivity index (χ2v) is 9.44. The lowest BCUT2D eigenvalue weighted by molar-refractivity contribution is -0.143. The van der Waals surface area contributed by atoms with Crippen LogP contribution in [0.4, 0.5) is 26.3 Å². The van der Waals surface area contributed by atoms with Gasteiger partial charge in [-0.25, -0.2) is 14.6 Å². The van der Waals surface area contributed by atoms with Crippen molar-refractivity contribution in [2.45, 2.75) is 51.5 Å². The molecule has 1 aliphatic heterocycles. The van der Waals surface area contributed by atoms with Crippen LogP contribution in [0.2, 0.25) is 0 Å². The molecule has 4 rings (SSSR count). The van der Waals surface area contributed by atoms with E-state index in [4.69, 9.17) is 0 Å². The number of rotatable bonds is 4. The maximum absolute atomic E-state index is 13.2. The van der Waals surface area contributed by atoms with Gasteiger partial charge in [-0.1, -0.05) is 0 Å². The van der Waals surface area contributed by atoms with Gasteiger partial charge in [0.05, 0.1) is 11.1 Å². The first-order chi connectivity index (χ1) is 16.3. The zero-order chi connectivity index (χ0) is 25.5. The smallest absolute Gasteiger partial charge is 0.341 e. The predicted octanol–water partition coefficient (Wildman–Crippen LogP) is 5.46. The van der Waals surface area contributed by atoms with Gasteiger partial charge in [-0.15, -0.1) is 11.3 Å². The van der Waals surface area contributed by atoms with Gasteiger partial charge < -0.3 is 4.90 Å². The summed E-state index contributed by atoms with van der Waals surface area (Å²) in [4.78, 5) is 23.4. The fourth-order valence-electron chi connectivity index (χ4n) is 4.04. The summed E-state index contributed by atoms with van der Waals surface area (Å²) < 4.78 is 80.7. The minimum absolute atomic E-state index is 0.00790. The molecule has 13 heteroatoms. The van der Waals surface area contributed by atoms with E-state index in [9.17, 15) is 31.1 Å². The number of piperidine rings is 1. The first-order valence-corrected chi connectivity index (χ1v) is 11.5. The molecule has 6 nitrogen and oxygen atoms in total. The molecule has 188 valence electrons. The van der Waals surface area contributed by atoms with Crippen molar-refractivity contribution in [1.82, 2.24) is 24.6 Å². The fourth-order valence-corrected chi connectivity index (χ4v) is 5.11. The molecule has 0 atom stereocenters. The zero-order valence-electron chi connectivity index (χ0n) is 18.7. The monoisotopic (exact) mass is 517 g/mol. The van der Waals surface area contributed by atoms with Crippen LogP contribution in [0.25, 0.3) is 10.6 Å². The number of amides is 1. The SMILES string of the molecule is Cc1nc(C)n(CC(=O)N2CCC(c3cnc(-c4cc(C(F)(F)F)cc(C(F)(F)F)c4)s3)CC2)n1. The quantitative estimate of drug-likeness (QED) is 0.431. The number of nitrogens with zero attached hydrogens (tertiary/aromatic N) is 5. The van der Waals surface area contributed by atoms with E-state index in [2.05, 4.69) is 15.1 Å². The van der Waals surface area contributed by atoms with Gasteiger partial charge in [0.15, 0.2) is 0 Å². The van der Waals surface area contributed by atoms with E-state index in [0.717, 1.165) is 16.2 Å². The van der Waals surface area contributed by atoms with Gasteiger partial charge in [0.2, 0.25) is 5.91 Å². The van der Waals surface area contributed by atoms with Crippen LogP contribution in [-0.2, 0) is 23.7 Å². The van der Waals surface area contributed by atoms with Crippen molar-refractivity contribution in [1.29, 1.82) is 0 Å². The lowest BCUT2D eigenvalue weighted by Crippen LogP contribution is -2.40. The Hall–Kier alpha value is -2.96. The highest BCUT2D eigenvalue weighted by molar-refractivity contribution is 7.15. The first kappa shape index (κ1) is 25.1. The van der Waals surface area contributed by atoms with E-state index in [1.54, 1.807) is 23.4 Å². The number of likely N-dealkylation sites (tertiary alicyclic amines) is 1. The van der Waals surface area contributed by atoms with E-state index < -0.39 is 23.5 Å². The van der Waals surface area contributed by atoms with Gasteiger partial charge in [-0.2, -0.15) is 31.4 Å². The third-order valence-electron chi connectivity index (χ3n) is 5.86. The summed E-state index contributed by atoms with van der Waals surface area (Å²) in [5, 5.41) is 4.28. The van der Waals surface area contributed by atoms with Gasteiger partial charge in [0.1, 0.15) is 23.2 Å². The Morgan fingerprint density at radius 2 is 1.63 bits per heavy atom. The highest BCUT2D eigenvalue weighted by atomic mass is 32.1. The molecule has 1 aliphatic rings. The topological polar surface area (TPSA) is 63.9 Å². The number of benzene rings is 1. The first-order valence-electron chi connectivity index (χ1n) is 10.7. The fraction of sp³-hybridized carbons (Fsp3) is 0.455. The van der Waals surface area contributed by atoms with Gasteiger partial charge in [-0.05, 0) is 50.8 Å². The molecule has 3 heterocycles. The number of alkyl halides is 6. The van der Waals surface area contributed by atoms with Crippen molar-refractivity contribution in [3.63, 3.8) is 0 Å². The maximum Gasteiger partial charge on any atom is 0.416 e. The minimum atomic E-state index is -4.92. The van der Waals surface area contributed by atoms with Crippen LogP contribution < -0.4 is 0 Å². The third kappa shape index (κ3) is 5.65. The number of halogens is 6. The highest BCUT2D eigenvalue weighted by Crippen LogP contribution is 2.41. The molecule has 0 N–H and O–H groups in total. The van der Waals surface area contributed by atoms with Gasteiger partial charge in [-0.3, -0.25) is 4.79 Å². The minimum Gasteiger partial charge on any atom is -0.341 e. The molecule has 1 aromatic carbocycles. The summed E-state index contributed by atoms with van der Waals surface area (Å²) in [7, 11) is 0. The number of carbonyl (C=O) groups is 1. The predicted molar refractivity (Wildman–Crippen MR) is 116 cm³/mol. The summed E-state index contributed by atoms with van der Waals surface area (Å²) >= 11 is 1.08. The second kappa shape index (κ2) is 9.25. The van der Waals surface area contributed by atoms with Crippen LogP contribution in [0.3, 0.4) is 0 Å². The van der Waals surface area contributed by atoms with Crippen LogP contribution in [-0.4, -0.2) is 43.6 Å². The Labute approximate surface area is 200 Å². The molecule has 2 aromatic heterocycles. The van der Waals surface area contributed by atoms with Crippen molar-refractivity contribution >= 4 is 17.2 Å². The normalized spacial score (nSPS) is 15.6. The van der Waals surface area contributed by atoms with Gasteiger partial charge in [0.25, 0.3) is 0 Å². The number of aromatic nitrogens is 4. The van der Waals surface area contributed by atoms with E-state index in [1.807, 2.05) is 0 Å². The van der Waals surface area contributed by atoms with Crippen LogP contribution in [0, 0.1) is 13.8 Å². The Morgan fingerprint density at radius 3 is 2.14 bits per heavy atom. The lowest BCUT2D eigenvalue weighted by atomic mass is 9.96. The molecule has 0 unspecified atom stereocenters. The van der Waals surface area contributed by atoms with E-state index >= 15 is 0 Å². The van der Waals surface area contributed by atoms with E-state index in [0.29, 0.717) is 49.7 Å². The largest absolute Gasteiger partial charge is 0.416 e. The van der Waals surface area contributed by atoms with Crippen molar-refractivity contribution in [2.24, 2.45) is 0 Å². The zero-order valence-corrected chi connectivity index (χ0v) is 19.6. The molecular weight excluding hydrogens is 496 g/mol. The van der Waals surface area contributed by atoms with Crippen molar-refractivity contribution in [3.8, 4) is 10.6 Å². The molecule has 1 saturated heterocycles. The Morgan fingerprint density at radius 1 is 1.03 bits per heavy atom. The molecule has 0 spiro atoms. The Kier molecular flexibility index (Phi) is 6.64. The average molecular weight is 517 g/mol. The molecule has 0 bridgehead atoms. The van der Waals surface area contributed by atoms with Crippen molar-refractivity contribution in [3.05, 3.63) is 52.0 Å². The highest BCUT2D eigenvalue weighted by Gasteiger charge is 2.37. The van der Waals surface area contributed by atoms with Gasteiger partial charge >= 0.3 is 12.4 Å². The number of carbonyl (C=O) groups excluding carboxylic acids is 1. The second-order valence-electron chi connectivity index (χ2n) is 8.38. The summed E-state index contributed by atoms with van der Waals surface area (Å²) in [6.45, 7) is 4.55. The molecule has 0 radical (unpaired) electrons. The summed E-state index contributed by atoms with van der Waals surface area (Å²) in [5.41, 5.74) is -2.97. The van der Waals surface area contributed by atoms with Crippen LogP contribution >= 0.6 is 11.3 Å². The van der Waals surface area contributed by atoms with Crippen LogP contribution in [0.5, 0.6) is 0 Å². The standard InChI is InChI=1S/C22H21F6N5OS/c1-12-30-13(2)33(31-12)11-19(34)32-5-3-14(4-6-32)18-10-29-20(35-18)15-7-16(21(23,24)25)9-17(8-15)22(26,27)28/h7-10,14H,3-6,11H2,1-2H3. The van der Waals surface area contributed by atoms with E-state index in [-0.39, 0.29) is 35.0 Å². The summed E-state index contributed by atoms with van der Waals surface area (Å²) in [6.07, 6.45) is -7.12. The Bertz CT molecular complexity index is 1190. The molecule has 1 amide bonds. The third-order valence-corrected chi connectivity index (χ3v) is 7.06. The number of hydrogen-bond donors (Lipinski definition) is 0. The van der Waals surface area contributed by atoms with Crippen molar-refractivity contribution in [2.75, 3.05) is 13.1 Å². The number of thiazole rings is 1. The van der Waals surface area contributed by atoms with Gasteiger partial charge in [0, 0.05) is 29.7 Å². The van der Waals surface area contributed by atoms with Crippen molar-refractivity contribution < 1.29 is 31.1 Å². The number of hydrogen-bond acceptors (Lipinski definition) is 5. The maximum atomic E-state index is 13.2. The molecule has 3 aromatic rings. The molecule has 1 fully saturated rings. The molecule has 0 aliphatic carbocycles. The van der Waals surface area contributed by atoms with E-state index in [1.165, 1.54) is 6.20 Å². The summed E-state index contributed by atoms with van der Waals surface area (Å²) in [6, 6.07) is 1.48. The average Bonchev–Trinajstić information content (AvgIpc) is 3.39. The lowest BCUT2D eigenvalue weighted by Gasteiger charge is -2.31. The molecule has 35 heavy (non-hydrogen) atoms. The van der Waals surface area contributed by atoms with Crippen LogP contribution in [0.1, 0.15) is 46.4 Å². The molecular formula is C22H21F6N5OS. The van der Waals surface area contributed by atoms with Crippen LogP contribution in [0.15, 0.2) is 24.4 Å². The number of aryl methyl sites for hydroxylation is 2.